The van der Waals surface area contributed by atoms with E-state index in [-0.39, 0.29) is 0 Å². The summed E-state index contributed by atoms with van der Waals surface area (Å²) < 4.78 is 0. The molecule has 1 N–H and O–H groups in total. The van der Waals surface area contributed by atoms with Crippen LogP contribution in [0.5, 0.6) is 0 Å². The molecule has 2 atom stereocenters. The summed E-state index contributed by atoms with van der Waals surface area (Å²) in [5, 5.41) is 11.6. The Balaban J connectivity index is 2.04. The smallest absolute Gasteiger partial charge is 0.128 e. The van der Waals surface area contributed by atoms with Gasteiger partial charge in [-0.1, -0.05) is 12.1 Å². The number of aromatic nitrogens is 1. The number of rotatable bonds is 5. The number of aliphatic hydroxyl groups excluding tert-OH is 1. The van der Waals surface area contributed by atoms with E-state index < -0.39 is 6.10 Å². The van der Waals surface area contributed by atoms with E-state index in [4.69, 9.17) is 0 Å². The van der Waals surface area contributed by atoms with Crippen LogP contribution in [0, 0.1) is 0 Å². The average Bonchev–Trinajstić information content (AvgIpc) is 2.90. The van der Waals surface area contributed by atoms with Gasteiger partial charge in [0.1, 0.15) is 5.82 Å². The fourth-order valence-corrected chi connectivity index (χ4v) is 2.76. The summed E-state index contributed by atoms with van der Waals surface area (Å²) in [5.74, 6) is 0.938. The van der Waals surface area contributed by atoms with Crippen LogP contribution in [0.4, 0.5) is 5.82 Å². The van der Waals surface area contributed by atoms with Crippen molar-refractivity contribution >= 4 is 17.2 Å². The van der Waals surface area contributed by atoms with Gasteiger partial charge < -0.3 is 10.0 Å². The van der Waals surface area contributed by atoms with Gasteiger partial charge in [-0.2, -0.15) is 0 Å². The minimum Gasteiger partial charge on any atom is -0.389 e. The molecule has 0 aromatic carbocycles. The van der Waals surface area contributed by atoms with Gasteiger partial charge in [0, 0.05) is 30.6 Å². The van der Waals surface area contributed by atoms with Crippen molar-refractivity contribution in [2.45, 2.75) is 32.4 Å². The summed E-state index contributed by atoms with van der Waals surface area (Å²) in [6.07, 6.45) is 2.30. The average molecular weight is 276 g/mol. The Morgan fingerprint density at radius 3 is 2.63 bits per heavy atom. The van der Waals surface area contributed by atoms with Crippen molar-refractivity contribution in [1.82, 2.24) is 4.98 Å². The molecule has 2 aromatic rings. The lowest BCUT2D eigenvalue weighted by molar-refractivity contribution is 0.199. The van der Waals surface area contributed by atoms with Crippen LogP contribution in [-0.4, -0.2) is 23.2 Å². The zero-order valence-corrected chi connectivity index (χ0v) is 12.4. The first-order valence-electron chi connectivity index (χ1n) is 6.47. The molecule has 2 aromatic heterocycles. The second kappa shape index (κ2) is 6.17. The zero-order chi connectivity index (χ0) is 13.8. The monoisotopic (exact) mass is 276 g/mol. The summed E-state index contributed by atoms with van der Waals surface area (Å²) >= 11 is 1.79. The lowest BCUT2D eigenvalue weighted by atomic mass is 10.1. The molecular formula is C15H20N2OS. The van der Waals surface area contributed by atoms with Crippen molar-refractivity contribution in [1.29, 1.82) is 0 Å². The van der Waals surface area contributed by atoms with Gasteiger partial charge >= 0.3 is 0 Å². The number of nitrogens with zero attached hydrogens (tertiary/aromatic N) is 2. The molecule has 2 heterocycles. The Morgan fingerprint density at radius 1 is 1.32 bits per heavy atom. The van der Waals surface area contributed by atoms with E-state index in [0.717, 1.165) is 17.8 Å². The van der Waals surface area contributed by atoms with Crippen molar-refractivity contribution < 1.29 is 5.11 Å². The third-order valence-corrected chi connectivity index (χ3v) is 4.25. The van der Waals surface area contributed by atoms with Gasteiger partial charge in [-0.05, 0) is 36.9 Å². The molecule has 0 saturated carbocycles. The lowest BCUT2D eigenvalue weighted by Gasteiger charge is -2.25. The lowest BCUT2D eigenvalue weighted by Crippen LogP contribution is -2.31. The molecule has 3 nitrogen and oxygen atoms in total. The van der Waals surface area contributed by atoms with E-state index in [1.807, 2.05) is 12.1 Å². The summed E-state index contributed by atoms with van der Waals surface area (Å²) in [6.45, 7) is 3.95. The molecule has 0 bridgehead atoms. The largest absolute Gasteiger partial charge is 0.389 e. The third kappa shape index (κ3) is 3.55. The van der Waals surface area contributed by atoms with Gasteiger partial charge in [0.05, 0.1) is 6.10 Å². The van der Waals surface area contributed by atoms with E-state index in [2.05, 4.69) is 41.4 Å². The zero-order valence-electron chi connectivity index (χ0n) is 11.6. The molecule has 0 spiro atoms. The maximum Gasteiger partial charge on any atom is 0.128 e. The molecule has 0 aliphatic carbocycles. The normalized spacial score (nSPS) is 14.1. The van der Waals surface area contributed by atoms with Gasteiger partial charge in [0.25, 0.3) is 0 Å². The Bertz CT molecular complexity index is 493. The molecule has 0 fully saturated rings. The van der Waals surface area contributed by atoms with Crippen molar-refractivity contribution in [3.8, 4) is 0 Å². The van der Waals surface area contributed by atoms with Crippen molar-refractivity contribution in [2.75, 3.05) is 11.9 Å². The highest BCUT2D eigenvalue weighted by atomic mass is 32.1. The molecule has 0 radical (unpaired) electrons. The molecule has 19 heavy (non-hydrogen) atoms. The highest BCUT2D eigenvalue weighted by molar-refractivity contribution is 7.09. The van der Waals surface area contributed by atoms with Crippen LogP contribution in [0.3, 0.4) is 0 Å². The molecule has 0 amide bonds. The Labute approximate surface area is 118 Å². The first kappa shape index (κ1) is 14.0. The first-order chi connectivity index (χ1) is 9.08. The SMILES string of the molecule is CC(Cc1cccs1)N(C)c1ccc([C@H](C)O)cn1. The molecule has 1 unspecified atom stereocenters. The molecular weight excluding hydrogens is 256 g/mol. The topological polar surface area (TPSA) is 36.4 Å². The van der Waals surface area contributed by atoms with Gasteiger partial charge in [0.15, 0.2) is 0 Å². The van der Waals surface area contributed by atoms with Gasteiger partial charge in [-0.25, -0.2) is 4.98 Å². The maximum atomic E-state index is 9.48. The second-order valence-electron chi connectivity index (χ2n) is 4.87. The van der Waals surface area contributed by atoms with Crippen LogP contribution in [0.2, 0.25) is 0 Å². The van der Waals surface area contributed by atoms with E-state index in [1.165, 1.54) is 4.88 Å². The predicted octanol–water partition coefficient (Wildman–Crippen LogP) is 3.26. The number of likely N-dealkylation sites (N-methyl/N-ethyl adjacent to an activating group) is 1. The number of pyridine rings is 1. The fourth-order valence-electron chi connectivity index (χ4n) is 1.94. The van der Waals surface area contributed by atoms with Crippen LogP contribution in [-0.2, 0) is 6.42 Å². The van der Waals surface area contributed by atoms with E-state index in [9.17, 15) is 5.11 Å². The highest BCUT2D eigenvalue weighted by Gasteiger charge is 2.13. The minimum absolute atomic E-state index is 0.392. The van der Waals surface area contributed by atoms with Gasteiger partial charge in [0.2, 0.25) is 0 Å². The molecule has 0 saturated heterocycles. The second-order valence-corrected chi connectivity index (χ2v) is 5.90. The number of thiophene rings is 1. The van der Waals surface area contributed by atoms with Crippen LogP contribution < -0.4 is 4.90 Å². The third-order valence-electron chi connectivity index (χ3n) is 3.35. The van der Waals surface area contributed by atoms with Crippen molar-refractivity contribution in [3.63, 3.8) is 0 Å². The predicted molar refractivity (Wildman–Crippen MR) is 80.8 cm³/mol. The Morgan fingerprint density at radius 2 is 2.11 bits per heavy atom. The number of hydrogen-bond donors (Lipinski definition) is 1. The molecule has 0 aliphatic heterocycles. The van der Waals surface area contributed by atoms with Gasteiger partial charge in [-0.3, -0.25) is 0 Å². The van der Waals surface area contributed by atoms with Crippen molar-refractivity contribution in [3.05, 3.63) is 46.3 Å². The van der Waals surface area contributed by atoms with Crippen molar-refractivity contribution in [2.24, 2.45) is 0 Å². The Kier molecular flexibility index (Phi) is 4.56. The van der Waals surface area contributed by atoms with Crippen LogP contribution in [0.15, 0.2) is 35.8 Å². The number of hydrogen-bond acceptors (Lipinski definition) is 4. The quantitative estimate of drug-likeness (QED) is 0.910. The fraction of sp³-hybridized carbons (Fsp3) is 0.400. The maximum absolute atomic E-state index is 9.48. The highest BCUT2D eigenvalue weighted by Crippen LogP contribution is 2.19. The van der Waals surface area contributed by atoms with Crippen LogP contribution in [0.25, 0.3) is 0 Å². The minimum atomic E-state index is -0.463. The summed E-state index contributed by atoms with van der Waals surface area (Å²) in [4.78, 5) is 7.98. The molecule has 4 heteroatoms. The van der Waals surface area contributed by atoms with Crippen LogP contribution >= 0.6 is 11.3 Å². The molecule has 0 aliphatic rings. The van der Waals surface area contributed by atoms with Gasteiger partial charge in [-0.15, -0.1) is 11.3 Å². The van der Waals surface area contributed by atoms with E-state index >= 15 is 0 Å². The number of anilines is 1. The van der Waals surface area contributed by atoms with E-state index in [1.54, 1.807) is 24.5 Å². The standard InChI is InChI=1S/C15H20N2OS/c1-11(9-14-5-4-8-19-14)17(3)15-7-6-13(10-16-15)12(2)18/h4-8,10-12,18H,9H2,1-3H3/t11?,12-/m0/s1. The van der Waals surface area contributed by atoms with Crippen LogP contribution in [0.1, 0.15) is 30.4 Å². The first-order valence-corrected chi connectivity index (χ1v) is 7.35. The summed E-state index contributed by atoms with van der Waals surface area (Å²) in [7, 11) is 2.06. The van der Waals surface area contributed by atoms with E-state index in [0.29, 0.717) is 6.04 Å². The Hall–Kier alpha value is -1.39. The number of aliphatic hydroxyl groups is 1. The summed E-state index contributed by atoms with van der Waals surface area (Å²) in [6, 6.07) is 8.54. The molecule has 102 valence electrons. The molecule has 2 rings (SSSR count). The summed E-state index contributed by atoms with van der Waals surface area (Å²) in [5.41, 5.74) is 0.850.